The maximum atomic E-state index is 12.9. The first kappa shape index (κ1) is 19.7. The van der Waals surface area contributed by atoms with Gasteiger partial charge in [0, 0.05) is 16.8 Å². The fourth-order valence-corrected chi connectivity index (χ4v) is 3.49. The standard InChI is InChI=1S/C19H22Cl2N2O2/c1-10-16(13(4)24)11(2)22-18(10)19(25)12(3)23(5)9-14-7-6-8-15(20)17(14)21/h6-8,12,22H,9H2,1-5H3/p+1/t12-/m1/s1. The Morgan fingerprint density at radius 1 is 1.24 bits per heavy atom. The van der Waals surface area contributed by atoms with Gasteiger partial charge in [-0.25, -0.2) is 0 Å². The molecule has 0 fully saturated rings. The zero-order valence-corrected chi connectivity index (χ0v) is 16.6. The average Bonchev–Trinajstić information content (AvgIpc) is 2.85. The number of halogens is 2. The van der Waals surface area contributed by atoms with Crippen LogP contribution in [-0.4, -0.2) is 29.6 Å². The molecule has 2 N–H and O–H groups in total. The number of likely N-dealkylation sites (N-methyl/N-ethyl adjacent to an activating group) is 1. The molecule has 0 saturated carbocycles. The molecule has 2 rings (SSSR count). The van der Waals surface area contributed by atoms with Crippen molar-refractivity contribution < 1.29 is 14.5 Å². The minimum Gasteiger partial charge on any atom is -0.355 e. The van der Waals surface area contributed by atoms with E-state index in [2.05, 4.69) is 4.98 Å². The number of aromatic amines is 1. The Balaban J connectivity index is 2.24. The maximum absolute atomic E-state index is 12.9. The molecular formula is C19H23Cl2N2O2+. The van der Waals surface area contributed by atoms with Crippen LogP contribution in [0.2, 0.25) is 10.0 Å². The number of carbonyl (C=O) groups is 2. The van der Waals surface area contributed by atoms with Crippen LogP contribution in [-0.2, 0) is 6.54 Å². The molecule has 2 aromatic rings. The Hall–Kier alpha value is -1.62. The molecule has 134 valence electrons. The summed E-state index contributed by atoms with van der Waals surface area (Å²) in [6, 6.07) is 5.20. The number of H-pyrrole nitrogens is 1. The molecule has 2 atom stereocenters. The summed E-state index contributed by atoms with van der Waals surface area (Å²) in [6.45, 7) is 7.58. The second kappa shape index (κ2) is 7.73. The molecule has 6 heteroatoms. The SMILES string of the molecule is CC(=O)c1c(C)[nH]c(C(=O)[C@@H](C)[NH+](C)Cc2cccc(Cl)c2Cl)c1C. The Morgan fingerprint density at radius 3 is 2.44 bits per heavy atom. The molecule has 1 heterocycles. The van der Waals surface area contributed by atoms with Crippen molar-refractivity contribution in [3.8, 4) is 0 Å². The van der Waals surface area contributed by atoms with E-state index in [9.17, 15) is 9.59 Å². The van der Waals surface area contributed by atoms with E-state index in [4.69, 9.17) is 23.2 Å². The number of aryl methyl sites for hydroxylation is 1. The smallest absolute Gasteiger partial charge is 0.235 e. The van der Waals surface area contributed by atoms with E-state index >= 15 is 0 Å². The Kier molecular flexibility index (Phi) is 6.09. The summed E-state index contributed by atoms with van der Waals surface area (Å²) in [5.74, 6) is -0.0619. The second-order valence-electron chi connectivity index (χ2n) is 6.50. The van der Waals surface area contributed by atoms with E-state index in [0.717, 1.165) is 21.7 Å². The van der Waals surface area contributed by atoms with Crippen molar-refractivity contribution in [3.63, 3.8) is 0 Å². The van der Waals surface area contributed by atoms with Crippen molar-refractivity contribution in [2.75, 3.05) is 7.05 Å². The average molecular weight is 382 g/mol. The highest BCUT2D eigenvalue weighted by molar-refractivity contribution is 6.42. The number of quaternary nitrogens is 1. The van der Waals surface area contributed by atoms with E-state index < -0.39 is 0 Å². The number of aromatic nitrogens is 1. The molecule has 1 aromatic heterocycles. The quantitative estimate of drug-likeness (QED) is 0.753. The van der Waals surface area contributed by atoms with Crippen molar-refractivity contribution in [2.24, 2.45) is 0 Å². The Bertz CT molecular complexity index is 827. The zero-order chi connectivity index (χ0) is 18.9. The normalized spacial score (nSPS) is 13.6. The van der Waals surface area contributed by atoms with Crippen molar-refractivity contribution in [2.45, 2.75) is 40.3 Å². The lowest BCUT2D eigenvalue weighted by molar-refractivity contribution is -0.907. The first-order valence-electron chi connectivity index (χ1n) is 8.14. The third kappa shape index (κ3) is 3.97. The lowest BCUT2D eigenvalue weighted by Gasteiger charge is -2.21. The molecule has 0 aliphatic rings. The summed E-state index contributed by atoms with van der Waals surface area (Å²) >= 11 is 12.3. The second-order valence-corrected chi connectivity index (χ2v) is 7.29. The van der Waals surface area contributed by atoms with E-state index in [1.165, 1.54) is 6.92 Å². The minimum atomic E-state index is -0.299. The number of Topliss-reactive ketones (excluding diaryl/α,β-unsaturated/α-hetero) is 2. The highest BCUT2D eigenvalue weighted by Gasteiger charge is 2.28. The Labute approximate surface area is 158 Å². The number of ketones is 2. The predicted octanol–water partition coefficient (Wildman–Crippen LogP) is 3.43. The van der Waals surface area contributed by atoms with Gasteiger partial charge in [0.1, 0.15) is 6.54 Å². The molecule has 25 heavy (non-hydrogen) atoms. The largest absolute Gasteiger partial charge is 0.355 e. The summed E-state index contributed by atoms with van der Waals surface area (Å²) in [4.78, 5) is 28.8. The molecule has 0 aliphatic heterocycles. The van der Waals surface area contributed by atoms with Crippen LogP contribution in [0.1, 0.15) is 51.5 Å². The molecule has 0 radical (unpaired) electrons. The van der Waals surface area contributed by atoms with Crippen LogP contribution in [0, 0.1) is 13.8 Å². The van der Waals surface area contributed by atoms with Crippen molar-refractivity contribution >= 4 is 34.8 Å². The van der Waals surface area contributed by atoms with E-state index in [1.807, 2.05) is 40.0 Å². The van der Waals surface area contributed by atoms with Crippen LogP contribution >= 0.6 is 23.2 Å². The third-order valence-electron chi connectivity index (χ3n) is 4.67. The highest BCUT2D eigenvalue weighted by Crippen LogP contribution is 2.25. The van der Waals surface area contributed by atoms with E-state index in [-0.39, 0.29) is 17.6 Å². The summed E-state index contributed by atoms with van der Waals surface area (Å²) < 4.78 is 0. The summed E-state index contributed by atoms with van der Waals surface area (Å²) in [5, 5.41) is 1.03. The molecule has 0 spiro atoms. The molecule has 4 nitrogen and oxygen atoms in total. The number of hydrogen-bond donors (Lipinski definition) is 2. The lowest BCUT2D eigenvalue weighted by Crippen LogP contribution is -3.12. The van der Waals surface area contributed by atoms with Gasteiger partial charge >= 0.3 is 0 Å². The van der Waals surface area contributed by atoms with E-state index in [0.29, 0.717) is 27.8 Å². The van der Waals surface area contributed by atoms with Gasteiger partial charge in [-0.1, -0.05) is 35.3 Å². The fraction of sp³-hybridized carbons (Fsp3) is 0.368. The van der Waals surface area contributed by atoms with Crippen LogP contribution in [0.5, 0.6) is 0 Å². The molecule has 0 amide bonds. The van der Waals surface area contributed by atoms with Crippen LogP contribution in [0.3, 0.4) is 0 Å². The predicted molar refractivity (Wildman–Crippen MR) is 101 cm³/mol. The van der Waals surface area contributed by atoms with Crippen molar-refractivity contribution in [3.05, 3.63) is 56.3 Å². The summed E-state index contributed by atoms with van der Waals surface area (Å²) in [5.41, 5.74) is 3.46. The number of nitrogens with one attached hydrogen (secondary N) is 2. The number of hydrogen-bond acceptors (Lipinski definition) is 2. The first-order chi connectivity index (χ1) is 11.6. The van der Waals surface area contributed by atoms with Crippen molar-refractivity contribution in [1.29, 1.82) is 0 Å². The molecule has 0 bridgehead atoms. The number of rotatable bonds is 6. The fourth-order valence-electron chi connectivity index (χ4n) is 3.10. The molecule has 0 saturated heterocycles. The van der Waals surface area contributed by atoms with E-state index in [1.54, 1.807) is 6.07 Å². The minimum absolute atomic E-state index is 0.0243. The van der Waals surface area contributed by atoms with Gasteiger partial charge in [0.25, 0.3) is 0 Å². The van der Waals surface area contributed by atoms with Gasteiger partial charge in [-0.3, -0.25) is 9.59 Å². The van der Waals surface area contributed by atoms with Crippen LogP contribution in [0.4, 0.5) is 0 Å². The van der Waals surface area contributed by atoms with Gasteiger partial charge in [0.05, 0.1) is 22.8 Å². The Morgan fingerprint density at radius 2 is 1.88 bits per heavy atom. The van der Waals surface area contributed by atoms with Crippen LogP contribution < -0.4 is 4.90 Å². The topological polar surface area (TPSA) is 54.4 Å². The molecule has 1 unspecified atom stereocenters. The number of carbonyl (C=O) groups excluding carboxylic acids is 2. The monoisotopic (exact) mass is 381 g/mol. The van der Waals surface area contributed by atoms with Gasteiger partial charge in [-0.05, 0) is 39.3 Å². The highest BCUT2D eigenvalue weighted by atomic mass is 35.5. The molecular weight excluding hydrogens is 359 g/mol. The van der Waals surface area contributed by atoms with Gasteiger partial charge < -0.3 is 9.88 Å². The lowest BCUT2D eigenvalue weighted by atomic mass is 10.0. The van der Waals surface area contributed by atoms with Gasteiger partial charge in [0.15, 0.2) is 11.8 Å². The maximum Gasteiger partial charge on any atom is 0.235 e. The van der Waals surface area contributed by atoms with Crippen molar-refractivity contribution in [1.82, 2.24) is 4.98 Å². The number of benzene rings is 1. The zero-order valence-electron chi connectivity index (χ0n) is 15.1. The molecule has 1 aromatic carbocycles. The first-order valence-corrected chi connectivity index (χ1v) is 8.90. The third-order valence-corrected chi connectivity index (χ3v) is 5.53. The van der Waals surface area contributed by atoms with Crippen LogP contribution in [0.25, 0.3) is 0 Å². The van der Waals surface area contributed by atoms with Gasteiger partial charge in [0.2, 0.25) is 5.78 Å². The van der Waals surface area contributed by atoms with Gasteiger partial charge in [-0.15, -0.1) is 0 Å². The van der Waals surface area contributed by atoms with Crippen LogP contribution in [0.15, 0.2) is 18.2 Å². The summed E-state index contributed by atoms with van der Waals surface area (Å²) in [7, 11) is 1.94. The summed E-state index contributed by atoms with van der Waals surface area (Å²) in [6.07, 6.45) is 0. The van der Waals surface area contributed by atoms with Gasteiger partial charge in [-0.2, -0.15) is 0 Å². The molecule has 0 aliphatic carbocycles.